The van der Waals surface area contributed by atoms with Gasteiger partial charge < -0.3 is 19.5 Å². The largest absolute Gasteiger partial charge is 0.497 e. The number of thiophene rings is 1. The zero-order valence-corrected chi connectivity index (χ0v) is 19.4. The summed E-state index contributed by atoms with van der Waals surface area (Å²) in [5.41, 5.74) is 2.73. The molecule has 1 aliphatic rings. The van der Waals surface area contributed by atoms with Crippen LogP contribution < -0.4 is 19.5 Å². The van der Waals surface area contributed by atoms with Gasteiger partial charge in [0.15, 0.2) is 5.78 Å². The summed E-state index contributed by atoms with van der Waals surface area (Å²) in [6.07, 6.45) is 0.375. The van der Waals surface area contributed by atoms with Crippen molar-refractivity contribution in [2.45, 2.75) is 19.4 Å². The van der Waals surface area contributed by atoms with Crippen molar-refractivity contribution in [1.82, 2.24) is 5.32 Å². The van der Waals surface area contributed by atoms with Crippen molar-refractivity contribution < 1.29 is 23.8 Å². The smallest absolute Gasteiger partial charge is 0.261 e. The quantitative estimate of drug-likeness (QED) is 0.490. The van der Waals surface area contributed by atoms with Crippen LogP contribution in [0.5, 0.6) is 17.2 Å². The summed E-state index contributed by atoms with van der Waals surface area (Å²) >= 11 is 7.72. The van der Waals surface area contributed by atoms with E-state index in [1.54, 1.807) is 26.4 Å². The van der Waals surface area contributed by atoms with E-state index in [0.29, 0.717) is 39.2 Å². The molecular formula is C24H22ClNO5S. The van der Waals surface area contributed by atoms with Crippen LogP contribution in [0.15, 0.2) is 42.5 Å². The third-order valence-electron chi connectivity index (χ3n) is 5.24. The molecule has 4 rings (SSSR count). The lowest BCUT2D eigenvalue weighted by molar-refractivity contribution is 0.0937. The van der Waals surface area contributed by atoms with E-state index in [0.717, 1.165) is 22.4 Å². The lowest BCUT2D eigenvalue weighted by atomic mass is 9.99. The van der Waals surface area contributed by atoms with Crippen molar-refractivity contribution in [3.8, 4) is 28.4 Å². The third kappa shape index (κ3) is 4.45. The van der Waals surface area contributed by atoms with Crippen LogP contribution in [0, 0.1) is 0 Å². The molecule has 166 valence electrons. The average molecular weight is 472 g/mol. The second kappa shape index (κ2) is 9.22. The molecule has 0 saturated carbocycles. The Bertz CT molecular complexity index is 1190. The molecule has 0 aliphatic carbocycles. The number of fused-ring (bicyclic) bond motifs is 1. The molecule has 1 unspecified atom stereocenters. The molecule has 0 spiro atoms. The van der Waals surface area contributed by atoms with Gasteiger partial charge in [-0.05, 0) is 55.0 Å². The molecule has 3 aromatic rings. The highest BCUT2D eigenvalue weighted by molar-refractivity contribution is 7.15. The standard InChI is InChI=1S/C24H22ClNO5S/c1-13(27)21-6-7-22(32-21)24(28)26-12-17-9-15-8-14(10-19(25)23(15)31-17)18-11-16(29-2)4-5-20(18)30-3/h4-8,10-11,17H,9,12H2,1-3H3,(H,26,28). The number of ketones is 1. The maximum absolute atomic E-state index is 12.4. The fourth-order valence-corrected chi connectivity index (χ4v) is 4.74. The van der Waals surface area contributed by atoms with Crippen LogP contribution in [0.1, 0.15) is 31.8 Å². The summed E-state index contributed by atoms with van der Waals surface area (Å²) in [7, 11) is 3.24. The molecule has 1 aliphatic heterocycles. The molecule has 1 aromatic heterocycles. The number of amides is 1. The van der Waals surface area contributed by atoms with E-state index in [1.807, 2.05) is 30.3 Å². The molecule has 1 N–H and O–H groups in total. The van der Waals surface area contributed by atoms with E-state index in [4.69, 9.17) is 25.8 Å². The number of carbonyl (C=O) groups excluding carboxylic acids is 2. The molecule has 2 heterocycles. The number of halogens is 1. The average Bonchev–Trinajstić information content (AvgIpc) is 3.44. The first kappa shape index (κ1) is 22.2. The van der Waals surface area contributed by atoms with Gasteiger partial charge in [-0.3, -0.25) is 9.59 Å². The minimum Gasteiger partial charge on any atom is -0.497 e. The van der Waals surface area contributed by atoms with E-state index in [2.05, 4.69) is 5.32 Å². The van der Waals surface area contributed by atoms with Gasteiger partial charge in [-0.25, -0.2) is 0 Å². The first-order chi connectivity index (χ1) is 15.4. The van der Waals surface area contributed by atoms with Gasteiger partial charge in [0, 0.05) is 17.5 Å². The third-order valence-corrected chi connectivity index (χ3v) is 6.70. The lowest BCUT2D eigenvalue weighted by Gasteiger charge is -2.13. The number of methoxy groups -OCH3 is 2. The number of rotatable bonds is 7. The highest BCUT2D eigenvalue weighted by atomic mass is 35.5. The zero-order valence-electron chi connectivity index (χ0n) is 17.9. The van der Waals surface area contributed by atoms with E-state index in [1.165, 1.54) is 18.3 Å². The Hall–Kier alpha value is -3.03. The molecule has 32 heavy (non-hydrogen) atoms. The molecular weight excluding hydrogens is 450 g/mol. The molecule has 2 aromatic carbocycles. The molecule has 6 nitrogen and oxygen atoms in total. The van der Waals surface area contributed by atoms with Crippen LogP contribution in [-0.4, -0.2) is 38.6 Å². The van der Waals surface area contributed by atoms with Gasteiger partial charge in [-0.1, -0.05) is 11.6 Å². The maximum Gasteiger partial charge on any atom is 0.261 e. The van der Waals surface area contributed by atoms with Gasteiger partial charge in [0.2, 0.25) is 0 Å². The Labute approximate surface area is 195 Å². The predicted molar refractivity (Wildman–Crippen MR) is 125 cm³/mol. The van der Waals surface area contributed by atoms with Gasteiger partial charge in [0.05, 0.1) is 35.5 Å². The molecule has 8 heteroatoms. The monoisotopic (exact) mass is 471 g/mol. The van der Waals surface area contributed by atoms with Crippen LogP contribution in [0.2, 0.25) is 5.02 Å². The molecule has 0 fully saturated rings. The van der Waals surface area contributed by atoms with Crippen LogP contribution in [0.25, 0.3) is 11.1 Å². The Kier molecular flexibility index (Phi) is 6.39. The Balaban J connectivity index is 1.49. The zero-order chi connectivity index (χ0) is 22.8. The number of benzene rings is 2. The first-order valence-corrected chi connectivity index (χ1v) is 11.2. The minimum absolute atomic E-state index is 0.0539. The van der Waals surface area contributed by atoms with Gasteiger partial charge in [0.1, 0.15) is 23.4 Å². The second-order valence-corrected chi connectivity index (χ2v) is 8.88. The number of hydrogen-bond donors (Lipinski definition) is 1. The summed E-state index contributed by atoms with van der Waals surface area (Å²) in [5.74, 6) is 1.78. The number of nitrogens with one attached hydrogen (secondary N) is 1. The Morgan fingerprint density at radius 1 is 1.12 bits per heavy atom. The minimum atomic E-state index is -0.235. The second-order valence-electron chi connectivity index (χ2n) is 7.39. The van der Waals surface area contributed by atoms with Gasteiger partial charge >= 0.3 is 0 Å². The molecule has 0 bridgehead atoms. The summed E-state index contributed by atoms with van der Waals surface area (Å²) in [4.78, 5) is 24.9. The van der Waals surface area contributed by atoms with Crippen molar-refractivity contribution in [3.63, 3.8) is 0 Å². The highest BCUT2D eigenvalue weighted by Crippen LogP contribution is 2.42. The Morgan fingerprint density at radius 3 is 2.59 bits per heavy atom. The summed E-state index contributed by atoms with van der Waals surface area (Å²) in [6, 6.07) is 12.8. The fourth-order valence-electron chi connectivity index (χ4n) is 3.64. The van der Waals surface area contributed by atoms with Gasteiger partial charge in [0.25, 0.3) is 5.91 Å². The summed E-state index contributed by atoms with van der Waals surface area (Å²) < 4.78 is 16.9. The number of hydrogen-bond acceptors (Lipinski definition) is 6. The lowest BCUT2D eigenvalue weighted by Crippen LogP contribution is -2.34. The predicted octanol–water partition coefficient (Wildman–Crippen LogP) is 5.02. The normalized spacial score (nSPS) is 14.4. The van der Waals surface area contributed by atoms with Crippen LogP contribution >= 0.6 is 22.9 Å². The van der Waals surface area contributed by atoms with E-state index in [-0.39, 0.29) is 17.8 Å². The number of ether oxygens (including phenoxy) is 3. The van der Waals surface area contributed by atoms with E-state index >= 15 is 0 Å². The van der Waals surface area contributed by atoms with Crippen LogP contribution in [0.3, 0.4) is 0 Å². The van der Waals surface area contributed by atoms with E-state index < -0.39 is 0 Å². The summed E-state index contributed by atoms with van der Waals surface area (Å²) in [5, 5.41) is 3.38. The van der Waals surface area contributed by atoms with E-state index in [9.17, 15) is 9.59 Å². The van der Waals surface area contributed by atoms with Gasteiger partial charge in [-0.15, -0.1) is 11.3 Å². The molecule has 1 atom stereocenters. The van der Waals surface area contributed by atoms with Crippen molar-refractivity contribution in [2.24, 2.45) is 0 Å². The number of carbonyl (C=O) groups is 2. The maximum atomic E-state index is 12.4. The summed E-state index contributed by atoms with van der Waals surface area (Å²) in [6.45, 7) is 1.81. The molecule has 0 saturated heterocycles. The van der Waals surface area contributed by atoms with Crippen molar-refractivity contribution in [2.75, 3.05) is 20.8 Å². The van der Waals surface area contributed by atoms with Crippen molar-refractivity contribution in [3.05, 3.63) is 62.8 Å². The Morgan fingerprint density at radius 2 is 1.91 bits per heavy atom. The molecule has 0 radical (unpaired) electrons. The van der Waals surface area contributed by atoms with Crippen molar-refractivity contribution in [1.29, 1.82) is 0 Å². The SMILES string of the molecule is COc1ccc(OC)c(-c2cc(Cl)c3c(c2)CC(CNC(=O)c2ccc(C(C)=O)s2)O3)c1. The number of Topliss-reactive ketones (excluding diaryl/α,β-unsaturated/α-hetero) is 1. The fraction of sp³-hybridized carbons (Fsp3) is 0.250. The topological polar surface area (TPSA) is 73.9 Å². The van der Waals surface area contributed by atoms with Crippen LogP contribution in [0.4, 0.5) is 0 Å². The first-order valence-electron chi connectivity index (χ1n) is 10.00. The highest BCUT2D eigenvalue weighted by Gasteiger charge is 2.27. The van der Waals surface area contributed by atoms with Crippen molar-refractivity contribution >= 4 is 34.6 Å². The molecule has 1 amide bonds. The van der Waals surface area contributed by atoms with Crippen LogP contribution in [-0.2, 0) is 6.42 Å². The van der Waals surface area contributed by atoms with Gasteiger partial charge in [-0.2, -0.15) is 0 Å².